The van der Waals surface area contributed by atoms with Crippen LogP contribution in [0.2, 0.25) is 0 Å². The lowest BCUT2D eigenvalue weighted by atomic mass is 9.86. The Labute approximate surface area is 158 Å². The molecular formula is C16H32IN3O2S. The van der Waals surface area contributed by atoms with Crippen LogP contribution in [-0.4, -0.2) is 56.5 Å². The number of nitrogens with zero attached hydrogens (tertiary/aromatic N) is 2. The predicted octanol–water partition coefficient (Wildman–Crippen LogP) is 2.66. The van der Waals surface area contributed by atoms with Crippen LogP contribution in [0.5, 0.6) is 0 Å². The molecule has 0 radical (unpaired) electrons. The molecule has 0 aromatic heterocycles. The minimum absolute atomic E-state index is 0. The summed E-state index contributed by atoms with van der Waals surface area (Å²) < 4.78 is 23.6. The van der Waals surface area contributed by atoms with E-state index < -0.39 is 14.6 Å². The zero-order valence-electron chi connectivity index (χ0n) is 14.9. The Morgan fingerprint density at radius 3 is 2.35 bits per heavy atom. The molecule has 7 heteroatoms. The van der Waals surface area contributed by atoms with Crippen LogP contribution in [0, 0.1) is 5.41 Å². The van der Waals surface area contributed by atoms with Crippen LogP contribution >= 0.6 is 24.0 Å². The number of halogens is 1. The lowest BCUT2D eigenvalue weighted by molar-refractivity contribution is 0.309. The summed E-state index contributed by atoms with van der Waals surface area (Å²) in [6.07, 6.45) is 6.61. The summed E-state index contributed by atoms with van der Waals surface area (Å²) in [6, 6.07) is 0. The van der Waals surface area contributed by atoms with E-state index in [0.717, 1.165) is 19.0 Å². The van der Waals surface area contributed by atoms with Gasteiger partial charge in [-0.3, -0.25) is 4.99 Å². The van der Waals surface area contributed by atoms with Crippen LogP contribution in [0.1, 0.15) is 52.9 Å². The van der Waals surface area contributed by atoms with Crippen LogP contribution in [0.15, 0.2) is 4.99 Å². The van der Waals surface area contributed by atoms with E-state index in [1.54, 1.807) is 27.8 Å². The van der Waals surface area contributed by atoms with Crippen molar-refractivity contribution in [3.05, 3.63) is 0 Å². The number of hydrogen-bond donors (Lipinski definition) is 1. The molecule has 1 heterocycles. The number of likely N-dealkylation sites (tertiary alicyclic amines) is 1. The Balaban J connectivity index is 0.00000264. The van der Waals surface area contributed by atoms with Gasteiger partial charge in [-0.25, -0.2) is 8.42 Å². The summed E-state index contributed by atoms with van der Waals surface area (Å²) >= 11 is 0. The standard InChI is InChI=1S/C16H31N3O2S.HI/c1-15(2,3)22(20,21)12-10-18-14(17-4)19-11-9-16(13-19)7-5-6-8-16;/h5-13H2,1-4H3,(H,17,18);1H. The van der Waals surface area contributed by atoms with Gasteiger partial charge in [-0.2, -0.15) is 0 Å². The van der Waals surface area contributed by atoms with E-state index in [-0.39, 0.29) is 29.7 Å². The largest absolute Gasteiger partial charge is 0.355 e. The van der Waals surface area contributed by atoms with Crippen molar-refractivity contribution in [3.63, 3.8) is 0 Å². The van der Waals surface area contributed by atoms with Gasteiger partial charge >= 0.3 is 0 Å². The van der Waals surface area contributed by atoms with Gasteiger partial charge in [0, 0.05) is 26.7 Å². The number of guanidine groups is 1. The van der Waals surface area contributed by atoms with Crippen molar-refractivity contribution in [1.29, 1.82) is 0 Å². The zero-order valence-corrected chi connectivity index (χ0v) is 18.0. The average molecular weight is 457 g/mol. The number of hydrogen-bond acceptors (Lipinski definition) is 3. The Morgan fingerprint density at radius 2 is 1.83 bits per heavy atom. The molecule has 0 atom stereocenters. The third kappa shape index (κ3) is 4.96. The van der Waals surface area contributed by atoms with E-state index in [9.17, 15) is 8.42 Å². The molecule has 1 aliphatic carbocycles. The summed E-state index contributed by atoms with van der Waals surface area (Å²) in [7, 11) is -1.31. The highest BCUT2D eigenvalue weighted by atomic mass is 127. The molecule has 0 unspecified atom stereocenters. The van der Waals surface area contributed by atoms with Crippen molar-refractivity contribution >= 4 is 39.8 Å². The fraction of sp³-hybridized carbons (Fsp3) is 0.938. The summed E-state index contributed by atoms with van der Waals surface area (Å²) in [4.78, 5) is 6.64. The highest BCUT2D eigenvalue weighted by molar-refractivity contribution is 14.0. The molecule has 1 spiro atoms. The molecule has 0 amide bonds. The van der Waals surface area contributed by atoms with Gasteiger partial charge in [0.25, 0.3) is 0 Å². The molecule has 1 aliphatic heterocycles. The van der Waals surface area contributed by atoms with Crippen LogP contribution in [-0.2, 0) is 9.84 Å². The van der Waals surface area contributed by atoms with Gasteiger partial charge in [0.05, 0.1) is 10.5 Å². The van der Waals surface area contributed by atoms with E-state index >= 15 is 0 Å². The average Bonchev–Trinajstić information content (AvgIpc) is 3.04. The maximum Gasteiger partial charge on any atom is 0.193 e. The Morgan fingerprint density at radius 1 is 1.22 bits per heavy atom. The third-order valence-electron chi connectivity index (χ3n) is 5.20. The molecule has 0 aromatic rings. The molecule has 1 N–H and O–H groups in total. The van der Waals surface area contributed by atoms with Gasteiger partial charge < -0.3 is 10.2 Å². The predicted molar refractivity (Wildman–Crippen MR) is 107 cm³/mol. The van der Waals surface area contributed by atoms with Gasteiger partial charge in [0.15, 0.2) is 15.8 Å². The van der Waals surface area contributed by atoms with E-state index in [1.165, 1.54) is 32.1 Å². The summed E-state index contributed by atoms with van der Waals surface area (Å²) in [5.74, 6) is 1.00. The fourth-order valence-corrected chi connectivity index (χ4v) is 4.57. The summed E-state index contributed by atoms with van der Waals surface area (Å²) in [5.41, 5.74) is 0.495. The molecular weight excluding hydrogens is 425 g/mol. The van der Waals surface area contributed by atoms with Crippen LogP contribution in [0.25, 0.3) is 0 Å². The highest BCUT2D eigenvalue weighted by Crippen LogP contribution is 2.45. The van der Waals surface area contributed by atoms with Crippen LogP contribution in [0.3, 0.4) is 0 Å². The number of rotatable bonds is 3. The second kappa shape index (κ2) is 7.89. The van der Waals surface area contributed by atoms with Gasteiger partial charge in [-0.15, -0.1) is 24.0 Å². The van der Waals surface area contributed by atoms with Gasteiger partial charge in [-0.05, 0) is 45.4 Å². The quantitative estimate of drug-likeness (QED) is 0.402. The number of sulfone groups is 1. The molecule has 5 nitrogen and oxygen atoms in total. The zero-order chi connectivity index (χ0) is 16.4. The second-order valence-electron chi connectivity index (χ2n) is 7.78. The first-order chi connectivity index (χ1) is 10.2. The number of aliphatic imine (C=N–C) groups is 1. The minimum Gasteiger partial charge on any atom is -0.355 e. The molecule has 2 aliphatic rings. The maximum atomic E-state index is 12.2. The van der Waals surface area contributed by atoms with Crippen molar-refractivity contribution in [2.24, 2.45) is 10.4 Å². The van der Waals surface area contributed by atoms with Gasteiger partial charge in [0.1, 0.15) is 0 Å². The van der Waals surface area contributed by atoms with Crippen molar-refractivity contribution in [3.8, 4) is 0 Å². The molecule has 136 valence electrons. The Kier molecular flexibility index (Phi) is 7.20. The topological polar surface area (TPSA) is 61.8 Å². The molecule has 0 aromatic carbocycles. The molecule has 2 rings (SSSR count). The van der Waals surface area contributed by atoms with Crippen LogP contribution in [0.4, 0.5) is 0 Å². The molecule has 23 heavy (non-hydrogen) atoms. The van der Waals surface area contributed by atoms with E-state index in [2.05, 4.69) is 15.2 Å². The summed E-state index contributed by atoms with van der Waals surface area (Å²) in [5, 5.41) is 3.24. The minimum atomic E-state index is -3.08. The van der Waals surface area contributed by atoms with Gasteiger partial charge in [0.2, 0.25) is 0 Å². The van der Waals surface area contributed by atoms with Gasteiger partial charge in [-0.1, -0.05) is 12.8 Å². The molecule has 2 fully saturated rings. The van der Waals surface area contributed by atoms with Crippen molar-refractivity contribution in [2.45, 2.75) is 57.6 Å². The normalized spacial score (nSPS) is 21.6. The van der Waals surface area contributed by atoms with E-state index in [1.807, 2.05) is 0 Å². The molecule has 1 saturated heterocycles. The van der Waals surface area contributed by atoms with Crippen molar-refractivity contribution in [2.75, 3.05) is 32.4 Å². The monoisotopic (exact) mass is 457 g/mol. The first kappa shape index (κ1) is 21.0. The third-order valence-corrected chi connectivity index (χ3v) is 7.81. The van der Waals surface area contributed by atoms with Crippen LogP contribution < -0.4 is 5.32 Å². The lowest BCUT2D eigenvalue weighted by Gasteiger charge is -2.26. The van der Waals surface area contributed by atoms with Crippen molar-refractivity contribution in [1.82, 2.24) is 10.2 Å². The Hall–Kier alpha value is -0.0500. The fourth-order valence-electron chi connectivity index (χ4n) is 3.58. The first-order valence-corrected chi connectivity index (χ1v) is 10.0. The first-order valence-electron chi connectivity index (χ1n) is 8.37. The smallest absolute Gasteiger partial charge is 0.193 e. The SMILES string of the molecule is CN=C(NCCS(=O)(=O)C(C)(C)C)N1CCC2(CCCC2)C1.I. The van der Waals surface area contributed by atoms with E-state index in [4.69, 9.17) is 0 Å². The molecule has 1 saturated carbocycles. The van der Waals surface area contributed by atoms with E-state index in [0.29, 0.717) is 12.0 Å². The summed E-state index contributed by atoms with van der Waals surface area (Å²) in [6.45, 7) is 7.78. The number of nitrogens with one attached hydrogen (secondary N) is 1. The second-order valence-corrected chi connectivity index (χ2v) is 10.6. The van der Waals surface area contributed by atoms with Crippen molar-refractivity contribution < 1.29 is 8.42 Å². The lowest BCUT2D eigenvalue weighted by Crippen LogP contribution is -2.44. The highest BCUT2D eigenvalue weighted by Gasteiger charge is 2.41. The molecule has 0 bridgehead atoms. The Bertz CT molecular complexity index is 520. The maximum absolute atomic E-state index is 12.2.